The number of hydrazine groups is 1. The lowest BCUT2D eigenvalue weighted by molar-refractivity contribution is 0.320. The Labute approximate surface area is 115 Å². The molecule has 0 saturated heterocycles. The van der Waals surface area contributed by atoms with Gasteiger partial charge in [-0.25, -0.2) is 10.8 Å². The van der Waals surface area contributed by atoms with Crippen LogP contribution in [0.1, 0.15) is 39.0 Å². The normalized spacial score (nSPS) is 24.0. The van der Waals surface area contributed by atoms with Gasteiger partial charge in [0.2, 0.25) is 5.96 Å². The molecule has 0 atom stereocenters. The number of nitrogens with zero attached hydrogens (tertiary/aromatic N) is 1. The third-order valence-corrected chi connectivity index (χ3v) is 3.88. The Bertz CT molecular complexity index is 394. The molecule has 1 fully saturated rings. The molecule has 0 radical (unpaired) electrons. The average Bonchev–Trinajstić information content (AvgIpc) is 2.48. The first-order chi connectivity index (χ1) is 9.31. The van der Waals surface area contributed by atoms with Gasteiger partial charge in [-0.3, -0.25) is 5.43 Å². The maximum absolute atomic E-state index is 5.55. The Morgan fingerprint density at radius 3 is 2.47 bits per heavy atom. The zero-order valence-corrected chi connectivity index (χ0v) is 11.6. The van der Waals surface area contributed by atoms with Crippen LogP contribution >= 0.6 is 0 Å². The molecular formula is C15H24N4. The van der Waals surface area contributed by atoms with Crippen molar-refractivity contribution in [2.75, 3.05) is 5.32 Å². The number of hydrogen-bond acceptors (Lipinski definition) is 2. The van der Waals surface area contributed by atoms with Crippen LogP contribution in [0, 0.1) is 5.92 Å². The highest BCUT2D eigenvalue weighted by Gasteiger charge is 2.19. The summed E-state index contributed by atoms with van der Waals surface area (Å²) in [4.78, 5) is 4.69. The van der Waals surface area contributed by atoms with E-state index in [1.165, 1.54) is 32.1 Å². The molecule has 4 nitrogen and oxygen atoms in total. The molecule has 1 aliphatic carbocycles. The van der Waals surface area contributed by atoms with Crippen molar-refractivity contribution in [2.24, 2.45) is 16.8 Å². The Morgan fingerprint density at radius 1 is 1.21 bits per heavy atom. The van der Waals surface area contributed by atoms with Gasteiger partial charge in [-0.05, 0) is 43.7 Å². The van der Waals surface area contributed by atoms with E-state index in [-0.39, 0.29) is 0 Å². The fraction of sp³-hybridized carbons (Fsp3) is 0.533. The van der Waals surface area contributed by atoms with Crippen LogP contribution in [0.5, 0.6) is 0 Å². The SMILES string of the molecule is CCC1CCC(N=C(NN)Nc2ccccc2)CC1. The molecule has 104 valence electrons. The number of hydrogen-bond donors (Lipinski definition) is 3. The number of nitrogens with one attached hydrogen (secondary N) is 2. The molecule has 0 aliphatic heterocycles. The van der Waals surface area contributed by atoms with Crippen molar-refractivity contribution in [3.8, 4) is 0 Å². The summed E-state index contributed by atoms with van der Waals surface area (Å²) in [7, 11) is 0. The van der Waals surface area contributed by atoms with Gasteiger partial charge in [-0.15, -0.1) is 0 Å². The van der Waals surface area contributed by atoms with Crippen LogP contribution in [0.3, 0.4) is 0 Å². The minimum absolute atomic E-state index is 0.394. The second-order valence-electron chi connectivity index (χ2n) is 5.20. The van der Waals surface area contributed by atoms with Crippen molar-refractivity contribution >= 4 is 11.6 Å². The number of benzene rings is 1. The molecule has 1 aliphatic rings. The topological polar surface area (TPSA) is 62.4 Å². The minimum Gasteiger partial charge on any atom is -0.325 e. The van der Waals surface area contributed by atoms with Crippen molar-refractivity contribution in [1.82, 2.24) is 5.43 Å². The molecule has 0 aromatic heterocycles. The molecule has 4 heteroatoms. The van der Waals surface area contributed by atoms with Crippen molar-refractivity contribution in [3.05, 3.63) is 30.3 Å². The highest BCUT2D eigenvalue weighted by atomic mass is 15.3. The van der Waals surface area contributed by atoms with E-state index in [0.29, 0.717) is 12.0 Å². The second kappa shape index (κ2) is 7.14. The summed E-state index contributed by atoms with van der Waals surface area (Å²) in [5, 5.41) is 3.22. The monoisotopic (exact) mass is 260 g/mol. The molecule has 0 spiro atoms. The van der Waals surface area contributed by atoms with E-state index < -0.39 is 0 Å². The smallest absolute Gasteiger partial charge is 0.210 e. The number of para-hydroxylation sites is 1. The number of anilines is 1. The summed E-state index contributed by atoms with van der Waals surface area (Å²) in [5.74, 6) is 7.10. The summed E-state index contributed by atoms with van der Waals surface area (Å²) in [6.07, 6.45) is 6.20. The number of guanidine groups is 1. The minimum atomic E-state index is 0.394. The second-order valence-corrected chi connectivity index (χ2v) is 5.20. The zero-order valence-electron chi connectivity index (χ0n) is 11.6. The van der Waals surface area contributed by atoms with E-state index in [4.69, 9.17) is 5.84 Å². The van der Waals surface area contributed by atoms with Gasteiger partial charge in [-0.1, -0.05) is 31.5 Å². The van der Waals surface area contributed by atoms with E-state index in [0.717, 1.165) is 11.6 Å². The van der Waals surface area contributed by atoms with Crippen molar-refractivity contribution in [1.29, 1.82) is 0 Å². The van der Waals surface area contributed by atoms with Crippen LogP contribution < -0.4 is 16.6 Å². The van der Waals surface area contributed by atoms with Crippen molar-refractivity contribution in [3.63, 3.8) is 0 Å². The highest BCUT2D eigenvalue weighted by Crippen LogP contribution is 2.28. The van der Waals surface area contributed by atoms with Crippen LogP contribution in [0.2, 0.25) is 0 Å². The molecule has 0 bridgehead atoms. The standard InChI is InChI=1S/C15H24N4/c1-2-12-8-10-14(11-9-12)18-15(19-16)17-13-6-4-3-5-7-13/h3-7,12,14H,2,8-11,16H2,1H3,(H2,17,18,19). The van der Waals surface area contributed by atoms with Crippen molar-refractivity contribution in [2.45, 2.75) is 45.1 Å². The first-order valence-electron chi connectivity index (χ1n) is 7.18. The molecule has 0 unspecified atom stereocenters. The Hall–Kier alpha value is -1.55. The predicted octanol–water partition coefficient (Wildman–Crippen LogP) is 2.89. The third kappa shape index (κ3) is 4.24. The summed E-state index contributed by atoms with van der Waals surface area (Å²) >= 11 is 0. The summed E-state index contributed by atoms with van der Waals surface area (Å²) in [5.41, 5.74) is 3.66. The molecule has 0 amide bonds. The van der Waals surface area contributed by atoms with E-state index >= 15 is 0 Å². The lowest BCUT2D eigenvalue weighted by Gasteiger charge is -2.25. The van der Waals surface area contributed by atoms with Gasteiger partial charge < -0.3 is 5.32 Å². The molecule has 1 aromatic rings. The summed E-state index contributed by atoms with van der Waals surface area (Å²) in [6.45, 7) is 2.28. The number of rotatable bonds is 3. The van der Waals surface area contributed by atoms with Gasteiger partial charge >= 0.3 is 0 Å². The Balaban J connectivity index is 1.92. The Kier molecular flexibility index (Phi) is 5.21. The largest absolute Gasteiger partial charge is 0.325 e. The average molecular weight is 260 g/mol. The van der Waals surface area contributed by atoms with E-state index in [1.54, 1.807) is 0 Å². The predicted molar refractivity (Wildman–Crippen MR) is 80.9 cm³/mol. The van der Waals surface area contributed by atoms with Crippen molar-refractivity contribution < 1.29 is 0 Å². The van der Waals surface area contributed by atoms with Gasteiger partial charge in [-0.2, -0.15) is 0 Å². The highest BCUT2D eigenvalue weighted by molar-refractivity contribution is 5.93. The quantitative estimate of drug-likeness (QED) is 0.339. The summed E-state index contributed by atoms with van der Waals surface area (Å²) in [6, 6.07) is 10.4. The molecule has 0 heterocycles. The molecule has 1 saturated carbocycles. The Morgan fingerprint density at radius 2 is 1.89 bits per heavy atom. The van der Waals surface area contributed by atoms with Gasteiger partial charge in [0.1, 0.15) is 0 Å². The van der Waals surface area contributed by atoms with Crippen LogP contribution in [-0.2, 0) is 0 Å². The zero-order chi connectivity index (χ0) is 13.5. The van der Waals surface area contributed by atoms with Crippen LogP contribution in [0.15, 0.2) is 35.3 Å². The van der Waals surface area contributed by atoms with Crippen LogP contribution in [0.25, 0.3) is 0 Å². The fourth-order valence-corrected chi connectivity index (χ4v) is 2.63. The lowest BCUT2D eigenvalue weighted by Crippen LogP contribution is -2.37. The fourth-order valence-electron chi connectivity index (χ4n) is 2.63. The molecular weight excluding hydrogens is 236 g/mol. The number of aliphatic imine (C=N–C) groups is 1. The maximum atomic E-state index is 5.55. The van der Waals surface area contributed by atoms with Crippen LogP contribution in [-0.4, -0.2) is 12.0 Å². The molecule has 2 rings (SSSR count). The van der Waals surface area contributed by atoms with Gasteiger partial charge in [0.25, 0.3) is 0 Å². The first-order valence-corrected chi connectivity index (χ1v) is 7.18. The molecule has 1 aromatic carbocycles. The molecule has 19 heavy (non-hydrogen) atoms. The first kappa shape index (κ1) is 13.9. The van der Waals surface area contributed by atoms with Gasteiger partial charge in [0.05, 0.1) is 6.04 Å². The third-order valence-electron chi connectivity index (χ3n) is 3.88. The number of nitrogens with two attached hydrogens (primary N) is 1. The van der Waals surface area contributed by atoms with Crippen LogP contribution in [0.4, 0.5) is 5.69 Å². The summed E-state index contributed by atoms with van der Waals surface area (Å²) < 4.78 is 0. The molecule has 4 N–H and O–H groups in total. The lowest BCUT2D eigenvalue weighted by atomic mass is 9.85. The van der Waals surface area contributed by atoms with Gasteiger partial charge in [0, 0.05) is 5.69 Å². The van der Waals surface area contributed by atoms with Gasteiger partial charge in [0.15, 0.2) is 0 Å². The van der Waals surface area contributed by atoms with E-state index in [1.807, 2.05) is 30.3 Å². The van der Waals surface area contributed by atoms with E-state index in [2.05, 4.69) is 22.7 Å². The maximum Gasteiger partial charge on any atom is 0.210 e. The van der Waals surface area contributed by atoms with E-state index in [9.17, 15) is 0 Å².